The van der Waals surface area contributed by atoms with Gasteiger partial charge in [0, 0.05) is 22.9 Å². The molecule has 0 bridgehead atoms. The second-order valence-corrected chi connectivity index (χ2v) is 5.07. The summed E-state index contributed by atoms with van der Waals surface area (Å²) in [6.45, 7) is 5.10. The van der Waals surface area contributed by atoms with Gasteiger partial charge in [0.1, 0.15) is 5.75 Å². The quantitative estimate of drug-likeness (QED) is 0.839. The molecule has 96 valence electrons. The van der Waals surface area contributed by atoms with Crippen molar-refractivity contribution in [2.45, 2.75) is 37.5 Å². The number of phenols is 1. The summed E-state index contributed by atoms with van der Waals surface area (Å²) in [6.07, 6.45) is 0.960. The summed E-state index contributed by atoms with van der Waals surface area (Å²) in [7, 11) is 0. The molecule has 0 atom stereocenters. The average molecular weight is 262 g/mol. The van der Waals surface area contributed by atoms with Gasteiger partial charge in [-0.05, 0) is 31.5 Å². The third kappa shape index (κ3) is 2.88. The fourth-order valence-corrected chi connectivity index (χ4v) is 2.74. The van der Waals surface area contributed by atoms with E-state index in [0.717, 1.165) is 29.3 Å². The molecule has 4 heteroatoms. The number of phenolic OH excluding ortho intramolecular Hbond substituents is 1. The molecule has 1 heterocycles. The maximum absolute atomic E-state index is 9.72. The molecule has 2 aromatic rings. The SMILES string of the molecule is CCc1cc(CSc2ccccc2O)n(CC)n1. The van der Waals surface area contributed by atoms with Gasteiger partial charge in [-0.1, -0.05) is 19.1 Å². The molecular formula is C14H18N2OS. The third-order valence-electron chi connectivity index (χ3n) is 2.82. The van der Waals surface area contributed by atoms with Crippen LogP contribution in [0.2, 0.25) is 0 Å². The first-order valence-corrected chi connectivity index (χ1v) is 7.19. The first-order chi connectivity index (χ1) is 8.74. The highest BCUT2D eigenvalue weighted by molar-refractivity contribution is 7.98. The predicted octanol–water partition coefficient (Wildman–Crippen LogP) is 3.46. The van der Waals surface area contributed by atoms with Crippen LogP contribution in [0.1, 0.15) is 25.2 Å². The van der Waals surface area contributed by atoms with Crippen molar-refractivity contribution in [1.82, 2.24) is 9.78 Å². The van der Waals surface area contributed by atoms with Crippen molar-refractivity contribution in [3.63, 3.8) is 0 Å². The minimum absolute atomic E-state index is 0.348. The molecule has 0 saturated carbocycles. The molecule has 0 saturated heterocycles. The van der Waals surface area contributed by atoms with Crippen LogP contribution in [-0.2, 0) is 18.7 Å². The largest absolute Gasteiger partial charge is 0.507 e. The second kappa shape index (κ2) is 5.96. The van der Waals surface area contributed by atoms with Crippen LogP contribution in [0.15, 0.2) is 35.2 Å². The molecule has 3 nitrogen and oxygen atoms in total. The van der Waals surface area contributed by atoms with E-state index >= 15 is 0 Å². The fourth-order valence-electron chi connectivity index (χ4n) is 1.81. The number of aromatic nitrogens is 2. The molecule has 2 rings (SSSR count). The van der Waals surface area contributed by atoms with Gasteiger partial charge in [0.2, 0.25) is 0 Å². The zero-order valence-electron chi connectivity index (χ0n) is 10.8. The van der Waals surface area contributed by atoms with E-state index in [9.17, 15) is 5.11 Å². The van der Waals surface area contributed by atoms with Crippen LogP contribution in [0.3, 0.4) is 0 Å². The Kier molecular flexibility index (Phi) is 4.31. The zero-order valence-corrected chi connectivity index (χ0v) is 11.6. The van der Waals surface area contributed by atoms with Gasteiger partial charge in [0.15, 0.2) is 0 Å². The number of hydrogen-bond acceptors (Lipinski definition) is 3. The molecule has 0 fully saturated rings. The van der Waals surface area contributed by atoms with Crippen molar-refractivity contribution in [2.75, 3.05) is 0 Å². The van der Waals surface area contributed by atoms with Gasteiger partial charge in [0.25, 0.3) is 0 Å². The topological polar surface area (TPSA) is 38.0 Å². The molecule has 1 aromatic heterocycles. The van der Waals surface area contributed by atoms with Gasteiger partial charge in [-0.15, -0.1) is 11.8 Å². The molecule has 0 amide bonds. The lowest BCUT2D eigenvalue weighted by atomic mass is 10.3. The number of para-hydroxylation sites is 1. The molecule has 0 spiro atoms. The van der Waals surface area contributed by atoms with Crippen molar-refractivity contribution in [3.05, 3.63) is 41.7 Å². The fraction of sp³-hybridized carbons (Fsp3) is 0.357. The van der Waals surface area contributed by atoms with Gasteiger partial charge in [0.05, 0.1) is 5.69 Å². The number of aromatic hydroxyl groups is 1. The molecule has 0 aliphatic rings. The minimum atomic E-state index is 0.348. The molecule has 0 aliphatic heterocycles. The van der Waals surface area contributed by atoms with E-state index in [2.05, 4.69) is 25.0 Å². The van der Waals surface area contributed by atoms with Gasteiger partial charge in [-0.2, -0.15) is 5.10 Å². The van der Waals surface area contributed by atoms with Gasteiger partial charge >= 0.3 is 0 Å². The van der Waals surface area contributed by atoms with Crippen LogP contribution < -0.4 is 0 Å². The van der Waals surface area contributed by atoms with Crippen LogP contribution >= 0.6 is 11.8 Å². The van der Waals surface area contributed by atoms with Crippen LogP contribution in [0.4, 0.5) is 0 Å². The lowest BCUT2D eigenvalue weighted by Crippen LogP contribution is -2.01. The lowest BCUT2D eigenvalue weighted by Gasteiger charge is -2.05. The van der Waals surface area contributed by atoms with E-state index in [1.54, 1.807) is 17.8 Å². The Bertz CT molecular complexity index is 522. The summed E-state index contributed by atoms with van der Waals surface area (Å²) in [5.74, 6) is 1.18. The number of nitrogens with zero attached hydrogens (tertiary/aromatic N) is 2. The summed E-state index contributed by atoms with van der Waals surface area (Å²) < 4.78 is 2.03. The standard InChI is InChI=1S/C14H18N2OS/c1-3-11-9-12(16(4-2)15-11)10-18-14-8-6-5-7-13(14)17/h5-9,17H,3-4,10H2,1-2H3. The highest BCUT2D eigenvalue weighted by Crippen LogP contribution is 2.30. The summed E-state index contributed by atoms with van der Waals surface area (Å²) in [6, 6.07) is 9.59. The number of benzene rings is 1. The number of rotatable bonds is 5. The van der Waals surface area contributed by atoms with E-state index < -0.39 is 0 Å². The van der Waals surface area contributed by atoms with Gasteiger partial charge in [-0.3, -0.25) is 4.68 Å². The number of hydrogen-bond donors (Lipinski definition) is 1. The molecular weight excluding hydrogens is 244 g/mol. The molecule has 0 unspecified atom stereocenters. The Balaban J connectivity index is 2.10. The Hall–Kier alpha value is -1.42. The lowest BCUT2D eigenvalue weighted by molar-refractivity contribution is 0.462. The Morgan fingerprint density at radius 1 is 1.28 bits per heavy atom. The van der Waals surface area contributed by atoms with Crippen molar-refractivity contribution < 1.29 is 5.11 Å². The Morgan fingerprint density at radius 2 is 2.06 bits per heavy atom. The summed E-state index contributed by atoms with van der Waals surface area (Å²) in [5.41, 5.74) is 2.34. The summed E-state index contributed by atoms with van der Waals surface area (Å²) in [5, 5.41) is 14.2. The molecule has 1 N–H and O–H groups in total. The predicted molar refractivity (Wildman–Crippen MR) is 74.9 cm³/mol. The first kappa shape index (κ1) is 13.0. The monoisotopic (exact) mass is 262 g/mol. The van der Waals surface area contributed by atoms with Gasteiger partial charge in [-0.25, -0.2) is 0 Å². The maximum Gasteiger partial charge on any atom is 0.129 e. The van der Waals surface area contributed by atoms with E-state index in [0.29, 0.717) is 5.75 Å². The smallest absolute Gasteiger partial charge is 0.129 e. The molecule has 0 radical (unpaired) electrons. The highest BCUT2D eigenvalue weighted by Gasteiger charge is 2.07. The van der Waals surface area contributed by atoms with E-state index in [4.69, 9.17) is 0 Å². The molecule has 18 heavy (non-hydrogen) atoms. The van der Waals surface area contributed by atoms with E-state index in [-0.39, 0.29) is 0 Å². The first-order valence-electron chi connectivity index (χ1n) is 6.21. The Labute approximate surface area is 112 Å². The minimum Gasteiger partial charge on any atom is -0.507 e. The third-order valence-corrected chi connectivity index (χ3v) is 3.91. The molecule has 1 aromatic carbocycles. The van der Waals surface area contributed by atoms with Gasteiger partial charge < -0.3 is 5.11 Å². The Morgan fingerprint density at radius 3 is 2.72 bits per heavy atom. The summed E-state index contributed by atoms with van der Waals surface area (Å²) >= 11 is 1.64. The second-order valence-electron chi connectivity index (χ2n) is 4.05. The van der Waals surface area contributed by atoms with E-state index in [1.165, 1.54) is 5.69 Å². The maximum atomic E-state index is 9.72. The highest BCUT2D eigenvalue weighted by atomic mass is 32.2. The van der Waals surface area contributed by atoms with Crippen molar-refractivity contribution >= 4 is 11.8 Å². The van der Waals surface area contributed by atoms with Crippen molar-refractivity contribution in [3.8, 4) is 5.75 Å². The van der Waals surface area contributed by atoms with Crippen molar-refractivity contribution in [1.29, 1.82) is 0 Å². The summed E-state index contributed by atoms with van der Waals surface area (Å²) in [4.78, 5) is 0.916. The molecule has 0 aliphatic carbocycles. The normalized spacial score (nSPS) is 10.8. The average Bonchev–Trinajstić information content (AvgIpc) is 2.80. The van der Waals surface area contributed by atoms with Crippen LogP contribution in [-0.4, -0.2) is 14.9 Å². The van der Waals surface area contributed by atoms with Crippen molar-refractivity contribution in [2.24, 2.45) is 0 Å². The number of aryl methyl sites for hydroxylation is 2. The van der Waals surface area contributed by atoms with Crippen LogP contribution in [0, 0.1) is 0 Å². The zero-order chi connectivity index (χ0) is 13.0. The van der Waals surface area contributed by atoms with E-state index in [1.807, 2.05) is 22.9 Å². The number of thioether (sulfide) groups is 1. The van der Waals surface area contributed by atoms with Crippen LogP contribution in [0.25, 0.3) is 0 Å². The van der Waals surface area contributed by atoms with Crippen LogP contribution in [0.5, 0.6) is 5.75 Å².